The van der Waals surface area contributed by atoms with Crippen LogP contribution >= 0.6 is 0 Å². The molecule has 0 atom stereocenters. The summed E-state index contributed by atoms with van der Waals surface area (Å²) >= 11 is 0. The van der Waals surface area contributed by atoms with Crippen LogP contribution in [0.1, 0.15) is 52.7 Å². The maximum absolute atomic E-state index is 11.9. The molecule has 0 aromatic carbocycles. The SMILES string of the molecule is CCCCCc1cc(=O)[nH]n1C(=O)OC(C)(C)C. The minimum Gasteiger partial charge on any atom is -0.442 e. The Morgan fingerprint density at radius 3 is 2.61 bits per heavy atom. The zero-order valence-corrected chi connectivity index (χ0v) is 11.6. The Kier molecular flexibility index (Phi) is 4.76. The van der Waals surface area contributed by atoms with Crippen LogP contribution in [0.15, 0.2) is 10.9 Å². The first-order valence-electron chi connectivity index (χ1n) is 6.38. The van der Waals surface area contributed by atoms with Crippen LogP contribution in [-0.4, -0.2) is 21.5 Å². The van der Waals surface area contributed by atoms with Crippen LogP contribution in [0.4, 0.5) is 4.79 Å². The fourth-order valence-electron chi connectivity index (χ4n) is 1.64. The van der Waals surface area contributed by atoms with Crippen molar-refractivity contribution in [3.63, 3.8) is 0 Å². The summed E-state index contributed by atoms with van der Waals surface area (Å²) in [4.78, 5) is 23.2. The molecule has 1 N–H and O–H groups in total. The van der Waals surface area contributed by atoms with Crippen molar-refractivity contribution in [1.82, 2.24) is 9.78 Å². The molecule has 0 aliphatic rings. The fourth-order valence-corrected chi connectivity index (χ4v) is 1.64. The molecule has 0 saturated carbocycles. The van der Waals surface area contributed by atoms with Gasteiger partial charge < -0.3 is 4.74 Å². The van der Waals surface area contributed by atoms with Gasteiger partial charge in [0.25, 0.3) is 5.56 Å². The smallest absolute Gasteiger partial charge is 0.433 e. The topological polar surface area (TPSA) is 64.1 Å². The van der Waals surface area contributed by atoms with E-state index in [4.69, 9.17) is 4.74 Å². The van der Waals surface area contributed by atoms with E-state index in [2.05, 4.69) is 12.0 Å². The number of aromatic amines is 1. The van der Waals surface area contributed by atoms with Crippen molar-refractivity contribution in [3.8, 4) is 0 Å². The second-order valence-corrected chi connectivity index (χ2v) is 5.38. The fraction of sp³-hybridized carbons (Fsp3) is 0.692. The van der Waals surface area contributed by atoms with Crippen molar-refractivity contribution in [3.05, 3.63) is 22.1 Å². The highest BCUT2D eigenvalue weighted by Crippen LogP contribution is 2.10. The molecule has 0 fully saturated rings. The molecule has 0 amide bonds. The van der Waals surface area contributed by atoms with Gasteiger partial charge in [-0.2, -0.15) is 4.68 Å². The first-order valence-corrected chi connectivity index (χ1v) is 6.38. The highest BCUT2D eigenvalue weighted by molar-refractivity contribution is 5.70. The summed E-state index contributed by atoms with van der Waals surface area (Å²) in [5.41, 5.74) is -0.158. The molecule has 0 aliphatic heterocycles. The molecule has 102 valence electrons. The van der Waals surface area contributed by atoms with Crippen molar-refractivity contribution in [1.29, 1.82) is 0 Å². The normalized spacial score (nSPS) is 11.6. The van der Waals surface area contributed by atoms with Crippen molar-refractivity contribution in [2.75, 3.05) is 0 Å². The summed E-state index contributed by atoms with van der Waals surface area (Å²) in [7, 11) is 0. The molecule has 1 rings (SSSR count). The summed E-state index contributed by atoms with van der Waals surface area (Å²) in [5.74, 6) is 0. The van der Waals surface area contributed by atoms with Crippen molar-refractivity contribution < 1.29 is 9.53 Å². The van der Waals surface area contributed by atoms with Gasteiger partial charge in [-0.1, -0.05) is 19.8 Å². The van der Waals surface area contributed by atoms with Crippen LogP contribution in [0.25, 0.3) is 0 Å². The Morgan fingerprint density at radius 1 is 1.39 bits per heavy atom. The molecule has 5 nitrogen and oxygen atoms in total. The predicted molar refractivity (Wildman–Crippen MR) is 69.9 cm³/mol. The second kappa shape index (κ2) is 5.89. The van der Waals surface area contributed by atoms with Gasteiger partial charge in [-0.15, -0.1) is 0 Å². The summed E-state index contributed by atoms with van der Waals surface area (Å²) in [6, 6.07) is 1.46. The number of ether oxygens (including phenoxy) is 1. The van der Waals surface area contributed by atoms with Gasteiger partial charge in [0.15, 0.2) is 0 Å². The predicted octanol–water partition coefficient (Wildman–Crippen LogP) is 2.69. The van der Waals surface area contributed by atoms with Gasteiger partial charge in [0.2, 0.25) is 0 Å². The lowest BCUT2D eigenvalue weighted by Crippen LogP contribution is -2.29. The number of aromatic nitrogens is 2. The average Bonchev–Trinajstić information content (AvgIpc) is 2.58. The van der Waals surface area contributed by atoms with E-state index >= 15 is 0 Å². The van der Waals surface area contributed by atoms with E-state index in [0.29, 0.717) is 12.1 Å². The van der Waals surface area contributed by atoms with E-state index < -0.39 is 11.7 Å². The van der Waals surface area contributed by atoms with Gasteiger partial charge in [-0.05, 0) is 33.6 Å². The zero-order chi connectivity index (χ0) is 13.8. The Bertz CT molecular complexity index is 452. The largest absolute Gasteiger partial charge is 0.442 e. The minimum absolute atomic E-state index is 0.271. The number of rotatable bonds is 4. The van der Waals surface area contributed by atoms with Crippen molar-refractivity contribution in [2.24, 2.45) is 0 Å². The van der Waals surface area contributed by atoms with Crippen LogP contribution in [0.2, 0.25) is 0 Å². The third kappa shape index (κ3) is 4.39. The van der Waals surface area contributed by atoms with Gasteiger partial charge in [0.05, 0.1) is 5.69 Å². The number of nitrogens with one attached hydrogen (secondary N) is 1. The van der Waals surface area contributed by atoms with Gasteiger partial charge in [0.1, 0.15) is 5.60 Å². The Labute approximate surface area is 107 Å². The summed E-state index contributed by atoms with van der Waals surface area (Å²) in [6.07, 6.45) is 3.30. The first kappa shape index (κ1) is 14.5. The number of unbranched alkanes of at least 4 members (excludes halogenated alkanes) is 2. The van der Waals surface area contributed by atoms with E-state index in [1.54, 1.807) is 20.8 Å². The van der Waals surface area contributed by atoms with Crippen molar-refractivity contribution >= 4 is 6.09 Å². The van der Waals surface area contributed by atoms with E-state index in [1.807, 2.05) is 0 Å². The molecule has 0 bridgehead atoms. The van der Waals surface area contributed by atoms with E-state index in [1.165, 1.54) is 10.7 Å². The lowest BCUT2D eigenvalue weighted by Gasteiger charge is -2.20. The van der Waals surface area contributed by atoms with Crippen LogP contribution < -0.4 is 5.56 Å². The molecule has 0 spiro atoms. The maximum Gasteiger partial charge on any atom is 0.433 e. The molecular formula is C13H22N2O3. The number of carbonyl (C=O) groups is 1. The standard InChI is InChI=1S/C13H22N2O3/c1-5-6-7-8-10-9-11(16)14-15(10)12(17)18-13(2,3)4/h9H,5-8H2,1-4H3,(H,14,16). The molecular weight excluding hydrogens is 232 g/mol. The highest BCUT2D eigenvalue weighted by Gasteiger charge is 2.20. The maximum atomic E-state index is 11.9. The third-order valence-corrected chi connectivity index (χ3v) is 2.42. The average molecular weight is 254 g/mol. The van der Waals surface area contributed by atoms with Crippen LogP contribution in [0.3, 0.4) is 0 Å². The number of hydrogen-bond acceptors (Lipinski definition) is 3. The van der Waals surface area contributed by atoms with E-state index in [0.717, 1.165) is 19.3 Å². The molecule has 1 heterocycles. The number of carbonyl (C=O) groups excluding carboxylic acids is 1. The molecule has 0 saturated heterocycles. The van der Waals surface area contributed by atoms with Crippen LogP contribution in [0.5, 0.6) is 0 Å². The Hall–Kier alpha value is -1.52. The van der Waals surface area contributed by atoms with Gasteiger partial charge in [0, 0.05) is 6.07 Å². The highest BCUT2D eigenvalue weighted by atomic mass is 16.6. The number of aryl methyl sites for hydroxylation is 1. The van der Waals surface area contributed by atoms with E-state index in [-0.39, 0.29) is 5.56 Å². The molecule has 1 aromatic rings. The van der Waals surface area contributed by atoms with Crippen molar-refractivity contribution in [2.45, 2.75) is 59.0 Å². The molecule has 0 aliphatic carbocycles. The van der Waals surface area contributed by atoms with Gasteiger partial charge in [-0.25, -0.2) is 4.79 Å². The zero-order valence-electron chi connectivity index (χ0n) is 11.6. The number of hydrogen-bond donors (Lipinski definition) is 1. The quantitative estimate of drug-likeness (QED) is 0.840. The lowest BCUT2D eigenvalue weighted by atomic mass is 10.1. The monoisotopic (exact) mass is 254 g/mol. The van der Waals surface area contributed by atoms with Crippen LogP contribution in [0, 0.1) is 0 Å². The molecule has 0 unspecified atom stereocenters. The Balaban J connectivity index is 2.81. The molecule has 0 radical (unpaired) electrons. The van der Waals surface area contributed by atoms with E-state index in [9.17, 15) is 9.59 Å². The van der Waals surface area contributed by atoms with Gasteiger partial charge >= 0.3 is 6.09 Å². The molecule has 5 heteroatoms. The third-order valence-electron chi connectivity index (χ3n) is 2.42. The first-order chi connectivity index (χ1) is 8.33. The number of H-pyrrole nitrogens is 1. The summed E-state index contributed by atoms with van der Waals surface area (Å²) in [6.45, 7) is 7.49. The van der Waals surface area contributed by atoms with Gasteiger partial charge in [-0.3, -0.25) is 9.89 Å². The minimum atomic E-state index is -0.571. The molecule has 18 heavy (non-hydrogen) atoms. The second-order valence-electron chi connectivity index (χ2n) is 5.38. The lowest BCUT2D eigenvalue weighted by molar-refractivity contribution is 0.0508. The summed E-state index contributed by atoms with van der Waals surface area (Å²) in [5, 5.41) is 2.48. The summed E-state index contributed by atoms with van der Waals surface area (Å²) < 4.78 is 6.45. The van der Waals surface area contributed by atoms with Crippen LogP contribution in [-0.2, 0) is 11.2 Å². The Morgan fingerprint density at radius 2 is 2.06 bits per heavy atom. The number of nitrogens with zero attached hydrogens (tertiary/aromatic N) is 1. The molecule has 1 aromatic heterocycles.